The topological polar surface area (TPSA) is 58.6 Å². The second-order valence-corrected chi connectivity index (χ2v) is 4.55. The molecule has 0 saturated carbocycles. The van der Waals surface area contributed by atoms with Gasteiger partial charge in [-0.2, -0.15) is 0 Å². The summed E-state index contributed by atoms with van der Waals surface area (Å²) in [5.74, 6) is -0.964. The minimum Gasteiger partial charge on any atom is -0.450 e. The second-order valence-electron chi connectivity index (χ2n) is 4.14. The van der Waals surface area contributed by atoms with Gasteiger partial charge in [-0.3, -0.25) is 15.0 Å². The maximum absolute atomic E-state index is 13.6. The van der Waals surface area contributed by atoms with Crippen LogP contribution >= 0.6 is 11.6 Å². The first-order valence-electron chi connectivity index (χ1n) is 6.02. The summed E-state index contributed by atoms with van der Waals surface area (Å²) >= 11 is 5.89. The molecular weight excluding hydrogens is 287 g/mol. The predicted molar refractivity (Wildman–Crippen MR) is 72.9 cm³/mol. The summed E-state index contributed by atoms with van der Waals surface area (Å²) in [7, 11) is 1.62. The maximum Gasteiger partial charge on any atom is 0.413 e. The number of halogens is 2. The van der Waals surface area contributed by atoms with E-state index in [0.29, 0.717) is 10.6 Å². The Labute approximate surface area is 121 Å². The summed E-state index contributed by atoms with van der Waals surface area (Å²) in [5, 5.41) is 2.35. The van der Waals surface area contributed by atoms with E-state index in [0.717, 1.165) is 0 Å². The van der Waals surface area contributed by atoms with Crippen LogP contribution in [0.3, 0.4) is 0 Å². The van der Waals surface area contributed by atoms with E-state index in [1.54, 1.807) is 24.9 Å². The van der Waals surface area contributed by atoms with E-state index < -0.39 is 17.8 Å². The smallest absolute Gasteiger partial charge is 0.413 e. The number of hydrogen-bond donors (Lipinski definition) is 1. The number of nitrogens with one attached hydrogen (secondary N) is 1. The Morgan fingerprint density at radius 1 is 1.45 bits per heavy atom. The van der Waals surface area contributed by atoms with E-state index in [1.165, 1.54) is 12.1 Å². The molecule has 0 aliphatic carbocycles. The number of hydrogen-bond acceptors (Lipinski definition) is 4. The SMILES string of the molecule is CCOC(=O)NC(=O)CN(C)Cc1c(F)cccc1Cl. The Balaban J connectivity index is 2.53. The van der Waals surface area contributed by atoms with E-state index in [4.69, 9.17) is 11.6 Å². The minimum atomic E-state index is -0.796. The van der Waals surface area contributed by atoms with Crippen LogP contribution in [0.2, 0.25) is 5.02 Å². The molecule has 7 heteroatoms. The molecule has 1 aromatic rings. The minimum absolute atomic E-state index is 0.0799. The van der Waals surface area contributed by atoms with Crippen LogP contribution in [0.25, 0.3) is 0 Å². The van der Waals surface area contributed by atoms with Gasteiger partial charge in [-0.05, 0) is 26.1 Å². The third-order valence-corrected chi connectivity index (χ3v) is 2.77. The zero-order chi connectivity index (χ0) is 15.1. The average molecular weight is 303 g/mol. The molecule has 1 aromatic carbocycles. The summed E-state index contributed by atoms with van der Waals surface area (Å²) in [5.41, 5.74) is 0.306. The molecule has 110 valence electrons. The van der Waals surface area contributed by atoms with Gasteiger partial charge in [-0.15, -0.1) is 0 Å². The van der Waals surface area contributed by atoms with Gasteiger partial charge in [0, 0.05) is 17.1 Å². The summed E-state index contributed by atoms with van der Waals surface area (Å²) in [4.78, 5) is 24.1. The molecule has 1 N–H and O–H groups in total. The number of ether oxygens (including phenoxy) is 1. The molecule has 2 amide bonds. The number of carbonyl (C=O) groups excluding carboxylic acids is 2. The van der Waals surface area contributed by atoms with Gasteiger partial charge in [0.15, 0.2) is 0 Å². The Bertz CT molecular complexity index is 476. The van der Waals surface area contributed by atoms with Gasteiger partial charge in [0.1, 0.15) is 5.82 Å². The molecule has 0 unspecified atom stereocenters. The highest BCUT2D eigenvalue weighted by molar-refractivity contribution is 6.31. The number of nitrogens with zero attached hydrogens (tertiary/aromatic N) is 1. The Hall–Kier alpha value is -1.66. The van der Waals surface area contributed by atoms with E-state index in [1.807, 2.05) is 0 Å². The fourth-order valence-electron chi connectivity index (χ4n) is 1.57. The Kier molecular flexibility index (Phi) is 6.41. The van der Waals surface area contributed by atoms with Crippen LogP contribution in [-0.2, 0) is 16.1 Å². The van der Waals surface area contributed by atoms with Gasteiger partial charge >= 0.3 is 6.09 Å². The highest BCUT2D eigenvalue weighted by Crippen LogP contribution is 2.20. The lowest BCUT2D eigenvalue weighted by atomic mass is 10.2. The number of benzene rings is 1. The van der Waals surface area contributed by atoms with Gasteiger partial charge in [-0.25, -0.2) is 9.18 Å². The molecule has 0 atom stereocenters. The maximum atomic E-state index is 13.6. The van der Waals surface area contributed by atoms with Crippen molar-refractivity contribution < 1.29 is 18.7 Å². The third kappa shape index (κ3) is 5.14. The van der Waals surface area contributed by atoms with Gasteiger partial charge in [0.25, 0.3) is 0 Å². The first-order chi connectivity index (χ1) is 9.43. The van der Waals surface area contributed by atoms with Crippen molar-refractivity contribution in [3.8, 4) is 0 Å². The molecule has 0 heterocycles. The predicted octanol–water partition coefficient (Wildman–Crippen LogP) is 2.18. The molecule has 0 aliphatic heterocycles. The second kappa shape index (κ2) is 7.81. The average Bonchev–Trinajstić information content (AvgIpc) is 2.34. The van der Waals surface area contributed by atoms with Crippen LogP contribution in [-0.4, -0.2) is 37.1 Å². The molecule has 20 heavy (non-hydrogen) atoms. The number of alkyl carbamates (subject to hydrolysis) is 1. The van der Waals surface area contributed by atoms with Crippen molar-refractivity contribution in [2.75, 3.05) is 20.2 Å². The lowest BCUT2D eigenvalue weighted by molar-refractivity contribution is -0.121. The molecule has 1 rings (SSSR count). The fraction of sp³-hybridized carbons (Fsp3) is 0.385. The number of imide groups is 1. The van der Waals surface area contributed by atoms with Crippen molar-refractivity contribution in [3.05, 3.63) is 34.6 Å². The van der Waals surface area contributed by atoms with Gasteiger partial charge in [-0.1, -0.05) is 17.7 Å². The monoisotopic (exact) mass is 302 g/mol. The zero-order valence-electron chi connectivity index (χ0n) is 11.3. The molecular formula is C13H16ClFN2O3. The largest absolute Gasteiger partial charge is 0.450 e. The number of carbonyl (C=O) groups is 2. The van der Waals surface area contributed by atoms with Crippen LogP contribution in [0, 0.1) is 5.82 Å². The number of rotatable bonds is 5. The third-order valence-electron chi connectivity index (χ3n) is 2.42. The van der Waals surface area contributed by atoms with Crippen molar-refractivity contribution in [3.63, 3.8) is 0 Å². The summed E-state index contributed by atoms with van der Waals surface area (Å²) < 4.78 is 18.2. The van der Waals surface area contributed by atoms with Crippen molar-refractivity contribution in [1.29, 1.82) is 0 Å². The van der Waals surface area contributed by atoms with Crippen molar-refractivity contribution in [1.82, 2.24) is 10.2 Å². The van der Waals surface area contributed by atoms with E-state index >= 15 is 0 Å². The van der Waals surface area contributed by atoms with Crippen molar-refractivity contribution >= 4 is 23.6 Å². The number of amides is 2. The lowest BCUT2D eigenvalue weighted by Gasteiger charge is -2.17. The lowest BCUT2D eigenvalue weighted by Crippen LogP contribution is -2.38. The molecule has 0 aliphatic rings. The van der Waals surface area contributed by atoms with Gasteiger partial charge in [0.2, 0.25) is 5.91 Å². The summed E-state index contributed by atoms with van der Waals surface area (Å²) in [6.45, 7) is 1.89. The molecule has 0 bridgehead atoms. The van der Waals surface area contributed by atoms with Crippen LogP contribution in [0.4, 0.5) is 9.18 Å². The first kappa shape index (κ1) is 16.4. The zero-order valence-corrected chi connectivity index (χ0v) is 12.0. The van der Waals surface area contributed by atoms with Crippen LogP contribution in [0.5, 0.6) is 0 Å². The van der Waals surface area contributed by atoms with Crippen molar-refractivity contribution in [2.24, 2.45) is 0 Å². The van der Waals surface area contributed by atoms with E-state index in [2.05, 4.69) is 10.1 Å². The molecule has 0 fully saturated rings. The standard InChI is InChI=1S/C13H16ClFN2O3/c1-3-20-13(19)16-12(18)8-17(2)7-9-10(14)5-4-6-11(9)15/h4-6H,3,7-8H2,1-2H3,(H,16,18,19). The highest BCUT2D eigenvalue weighted by Gasteiger charge is 2.14. The summed E-state index contributed by atoms with van der Waals surface area (Å²) in [6, 6.07) is 4.38. The number of likely N-dealkylation sites (N-methyl/N-ethyl adjacent to an activating group) is 1. The van der Waals surface area contributed by atoms with Gasteiger partial charge in [0.05, 0.1) is 13.2 Å². The van der Waals surface area contributed by atoms with Crippen molar-refractivity contribution in [2.45, 2.75) is 13.5 Å². The molecule has 5 nitrogen and oxygen atoms in total. The van der Waals surface area contributed by atoms with Crippen LogP contribution < -0.4 is 5.32 Å². The summed E-state index contributed by atoms with van der Waals surface area (Å²) in [6.07, 6.45) is -0.796. The van der Waals surface area contributed by atoms with E-state index in [9.17, 15) is 14.0 Å². The van der Waals surface area contributed by atoms with Crippen LogP contribution in [0.1, 0.15) is 12.5 Å². The van der Waals surface area contributed by atoms with Crippen LogP contribution in [0.15, 0.2) is 18.2 Å². The molecule has 0 saturated heterocycles. The Morgan fingerprint density at radius 2 is 2.15 bits per heavy atom. The molecule has 0 aromatic heterocycles. The normalized spacial score (nSPS) is 10.4. The molecule has 0 spiro atoms. The van der Waals surface area contributed by atoms with Gasteiger partial charge < -0.3 is 4.74 Å². The first-order valence-corrected chi connectivity index (χ1v) is 6.39. The fourth-order valence-corrected chi connectivity index (χ4v) is 1.80. The Morgan fingerprint density at radius 3 is 2.75 bits per heavy atom. The van der Waals surface area contributed by atoms with E-state index in [-0.39, 0.29) is 19.7 Å². The highest BCUT2D eigenvalue weighted by atomic mass is 35.5. The quantitative estimate of drug-likeness (QED) is 0.906. The molecule has 0 radical (unpaired) electrons.